The molecule has 3 rings (SSSR count). The maximum atomic E-state index is 11.1. The molecule has 202 valence electrons. The molecular weight excluding hydrogens is 528 g/mol. The number of nitrogens with zero attached hydrogens (tertiary/aromatic N) is 4. The van der Waals surface area contributed by atoms with Crippen LogP contribution in [0.4, 0.5) is 26.3 Å². The zero-order valence-corrected chi connectivity index (χ0v) is 19.2. The van der Waals surface area contributed by atoms with Crippen molar-refractivity contribution < 1.29 is 54.6 Å². The molecule has 0 saturated carbocycles. The molecule has 0 aliphatic carbocycles. The molecule has 0 unspecified atom stereocenters. The number of aliphatic carboxylic acids is 2. The van der Waals surface area contributed by atoms with Crippen LogP contribution in [0.1, 0.15) is 17.2 Å². The highest BCUT2D eigenvalue weighted by atomic mass is 32.2. The molecule has 11 nitrogen and oxygen atoms in total. The predicted octanol–water partition coefficient (Wildman–Crippen LogP) is 1.61. The smallest absolute Gasteiger partial charge is 0.475 e. The number of nitrogens with one attached hydrogen (secondary N) is 1. The molecule has 2 aromatic rings. The predicted molar refractivity (Wildman–Crippen MR) is 110 cm³/mol. The van der Waals surface area contributed by atoms with Crippen molar-refractivity contribution in [2.24, 2.45) is 0 Å². The lowest BCUT2D eigenvalue weighted by Gasteiger charge is -2.27. The molecular formula is C18H21F6N5O6S. The zero-order valence-electron chi connectivity index (χ0n) is 18.4. The molecule has 3 N–H and O–H groups in total. The van der Waals surface area contributed by atoms with Crippen LogP contribution >= 0.6 is 0 Å². The molecule has 1 aliphatic heterocycles. The lowest BCUT2D eigenvalue weighted by atomic mass is 10.3. The first-order valence-electron chi connectivity index (χ1n) is 9.60. The van der Waals surface area contributed by atoms with Gasteiger partial charge in [-0.15, -0.1) is 0 Å². The number of rotatable bonds is 5. The van der Waals surface area contributed by atoms with Crippen molar-refractivity contribution in [1.29, 1.82) is 0 Å². The lowest BCUT2D eigenvalue weighted by molar-refractivity contribution is -0.193. The Labute approximate surface area is 200 Å². The normalized spacial score (nSPS) is 14.0. The minimum absolute atomic E-state index is 0.235. The van der Waals surface area contributed by atoms with E-state index in [1.54, 1.807) is 6.20 Å². The van der Waals surface area contributed by atoms with E-state index in [1.165, 1.54) is 0 Å². The number of pyridine rings is 1. The van der Waals surface area contributed by atoms with E-state index in [0.29, 0.717) is 0 Å². The summed E-state index contributed by atoms with van der Waals surface area (Å²) in [5.74, 6) is -4.55. The molecule has 3 heterocycles. The van der Waals surface area contributed by atoms with Crippen LogP contribution in [0.15, 0.2) is 30.6 Å². The summed E-state index contributed by atoms with van der Waals surface area (Å²) in [5.41, 5.74) is 1.79. The van der Waals surface area contributed by atoms with Gasteiger partial charge >= 0.3 is 24.3 Å². The molecule has 0 fully saturated rings. The van der Waals surface area contributed by atoms with Crippen molar-refractivity contribution in [3.05, 3.63) is 47.8 Å². The number of halogens is 6. The Morgan fingerprint density at radius 3 is 2.03 bits per heavy atom. The minimum Gasteiger partial charge on any atom is -0.475 e. The van der Waals surface area contributed by atoms with Crippen LogP contribution in [0.2, 0.25) is 0 Å². The van der Waals surface area contributed by atoms with Gasteiger partial charge in [-0.25, -0.2) is 27.7 Å². The topological polar surface area (TPSA) is 155 Å². The van der Waals surface area contributed by atoms with Gasteiger partial charge in [-0.1, -0.05) is 6.07 Å². The second-order valence-corrected chi connectivity index (χ2v) is 8.91. The van der Waals surface area contributed by atoms with Gasteiger partial charge in [-0.05, 0) is 12.1 Å². The van der Waals surface area contributed by atoms with Crippen LogP contribution in [0.5, 0.6) is 0 Å². The average Bonchev–Trinajstić information content (AvgIpc) is 3.14. The Balaban J connectivity index is 0.000000383. The summed E-state index contributed by atoms with van der Waals surface area (Å²) < 4.78 is 90.3. The van der Waals surface area contributed by atoms with Crippen LogP contribution in [-0.4, -0.2) is 75.2 Å². The molecule has 0 radical (unpaired) electrons. The van der Waals surface area contributed by atoms with Gasteiger partial charge in [0, 0.05) is 32.0 Å². The van der Waals surface area contributed by atoms with E-state index in [2.05, 4.69) is 24.2 Å². The number of alkyl halides is 6. The Hall–Kier alpha value is -3.25. The van der Waals surface area contributed by atoms with Crippen molar-refractivity contribution >= 4 is 22.0 Å². The summed E-state index contributed by atoms with van der Waals surface area (Å²) in [6, 6.07) is 5.91. The summed E-state index contributed by atoms with van der Waals surface area (Å²) in [7, 11) is -3.19. The third kappa shape index (κ3) is 11.9. The van der Waals surface area contributed by atoms with Gasteiger partial charge in [0.15, 0.2) is 0 Å². The molecule has 0 bridgehead atoms. The highest BCUT2D eigenvalue weighted by Gasteiger charge is 2.38. The van der Waals surface area contributed by atoms with Crippen molar-refractivity contribution in [3.8, 4) is 0 Å². The number of aromatic nitrogens is 3. The van der Waals surface area contributed by atoms with E-state index in [1.807, 2.05) is 24.4 Å². The molecule has 0 saturated heterocycles. The fraction of sp³-hybridized carbons (Fsp3) is 0.444. The Bertz CT molecular complexity index is 1100. The molecule has 0 amide bonds. The van der Waals surface area contributed by atoms with Crippen LogP contribution < -0.4 is 4.72 Å². The lowest BCUT2D eigenvalue weighted by Crippen LogP contribution is -2.33. The highest BCUT2D eigenvalue weighted by molar-refractivity contribution is 7.88. The number of hydrogen-bond acceptors (Lipinski definition) is 7. The largest absolute Gasteiger partial charge is 0.490 e. The Morgan fingerprint density at radius 2 is 1.58 bits per heavy atom. The van der Waals surface area contributed by atoms with Crippen molar-refractivity contribution in [2.75, 3.05) is 12.8 Å². The molecule has 36 heavy (non-hydrogen) atoms. The Kier molecular flexibility index (Phi) is 10.8. The van der Waals surface area contributed by atoms with Gasteiger partial charge in [-0.3, -0.25) is 9.88 Å². The van der Waals surface area contributed by atoms with Crippen molar-refractivity contribution in [1.82, 2.24) is 24.2 Å². The number of hydrogen-bond donors (Lipinski definition) is 3. The summed E-state index contributed by atoms with van der Waals surface area (Å²) in [5, 5.41) is 14.2. The first kappa shape index (κ1) is 30.8. The third-order valence-corrected chi connectivity index (χ3v) is 4.71. The van der Waals surface area contributed by atoms with Crippen molar-refractivity contribution in [2.45, 2.75) is 38.5 Å². The van der Waals surface area contributed by atoms with Crippen molar-refractivity contribution in [3.63, 3.8) is 0 Å². The molecule has 0 spiro atoms. The van der Waals surface area contributed by atoms with E-state index in [9.17, 15) is 34.8 Å². The number of carboxylic acid groups (broad SMARTS) is 2. The standard InChI is InChI=1S/C14H19N5O2S.2C2HF3O2/c1-22(20,21)16-8-13-10-19-7-6-18(11-14(19)17-13)9-12-4-2-3-5-15-12;2*3-2(4,5)1(6)7/h2-5,10,16H,6-9,11H2,1H3;2*(H,6,7). The number of fused-ring (bicyclic) bond motifs is 1. The fourth-order valence-corrected chi connectivity index (χ4v) is 2.92. The molecule has 18 heteroatoms. The van der Waals surface area contributed by atoms with Gasteiger partial charge < -0.3 is 14.8 Å². The second-order valence-electron chi connectivity index (χ2n) is 7.07. The first-order valence-corrected chi connectivity index (χ1v) is 11.5. The van der Waals surface area contributed by atoms with E-state index < -0.39 is 34.3 Å². The number of imidazole rings is 1. The van der Waals surface area contributed by atoms with E-state index in [0.717, 1.165) is 49.6 Å². The van der Waals surface area contributed by atoms with Gasteiger partial charge in [0.2, 0.25) is 10.0 Å². The summed E-state index contributed by atoms with van der Waals surface area (Å²) in [4.78, 5) is 28.9. The molecule has 0 atom stereocenters. The maximum absolute atomic E-state index is 11.1. The number of sulfonamides is 1. The zero-order chi connectivity index (χ0) is 27.7. The van der Waals surface area contributed by atoms with E-state index in [-0.39, 0.29) is 6.54 Å². The second kappa shape index (κ2) is 12.6. The summed E-state index contributed by atoms with van der Waals surface area (Å²) >= 11 is 0. The molecule has 2 aromatic heterocycles. The summed E-state index contributed by atoms with van der Waals surface area (Å²) in [6.45, 7) is 3.56. The SMILES string of the molecule is CS(=O)(=O)NCc1cn2c(n1)CN(Cc1ccccn1)CC2.O=C(O)C(F)(F)F.O=C(O)C(F)(F)F. The van der Waals surface area contributed by atoms with Crippen LogP contribution in [0, 0.1) is 0 Å². The van der Waals surface area contributed by atoms with Gasteiger partial charge in [-0.2, -0.15) is 26.3 Å². The van der Waals surface area contributed by atoms with Crippen LogP contribution in [0.25, 0.3) is 0 Å². The fourth-order valence-electron chi connectivity index (χ4n) is 2.51. The molecule has 0 aromatic carbocycles. The molecule has 1 aliphatic rings. The van der Waals surface area contributed by atoms with Gasteiger partial charge in [0.1, 0.15) is 5.82 Å². The number of carbonyl (C=O) groups is 2. The monoisotopic (exact) mass is 549 g/mol. The maximum Gasteiger partial charge on any atom is 0.490 e. The highest BCUT2D eigenvalue weighted by Crippen LogP contribution is 2.15. The Morgan fingerprint density at radius 1 is 1.03 bits per heavy atom. The summed E-state index contributed by atoms with van der Waals surface area (Å²) in [6.07, 6.45) is -5.29. The third-order valence-electron chi connectivity index (χ3n) is 4.04. The van der Waals surface area contributed by atoms with E-state index >= 15 is 0 Å². The first-order chi connectivity index (χ1) is 16.4. The number of carboxylic acids is 2. The van der Waals surface area contributed by atoms with Gasteiger partial charge in [0.05, 0.1) is 30.7 Å². The van der Waals surface area contributed by atoms with E-state index in [4.69, 9.17) is 19.8 Å². The van der Waals surface area contributed by atoms with Gasteiger partial charge in [0.25, 0.3) is 0 Å². The van der Waals surface area contributed by atoms with Crippen LogP contribution in [0.3, 0.4) is 0 Å². The van der Waals surface area contributed by atoms with Crippen LogP contribution in [-0.2, 0) is 45.8 Å². The minimum atomic E-state index is -5.08. The average molecular weight is 549 g/mol. The quantitative estimate of drug-likeness (QED) is 0.472.